The van der Waals surface area contributed by atoms with Crippen molar-refractivity contribution in [1.29, 1.82) is 0 Å². The van der Waals surface area contributed by atoms with Crippen LogP contribution in [0.5, 0.6) is 0 Å². The molecule has 4 rings (SSSR count). The van der Waals surface area contributed by atoms with E-state index in [-0.39, 0.29) is 11.8 Å². The standard InChI is InChI=1S/C31H37Cl2N3O3/c1-2-7-25(29(34)37)26(17-20-8-5-9-20)30(38)35-28-12-3-4-15-36(31(28)39)19-21-10-6-11-22(16-21)24-14-13-23(32)18-27(24)33/h2,6,10-11,13-14,16,18,20,25-26,28H,1,3-5,7-9,12,15,17,19H2,(H2,34,37)(H,35,38)/t25?,26?,28-/m0/s1. The molecule has 2 aliphatic rings. The number of benzene rings is 2. The van der Waals surface area contributed by atoms with Crippen molar-refractivity contribution >= 4 is 40.9 Å². The second-order valence-electron chi connectivity index (χ2n) is 10.8. The smallest absolute Gasteiger partial charge is 0.245 e. The van der Waals surface area contributed by atoms with E-state index in [1.54, 1.807) is 18.2 Å². The summed E-state index contributed by atoms with van der Waals surface area (Å²) in [6.07, 6.45) is 8.10. The summed E-state index contributed by atoms with van der Waals surface area (Å²) < 4.78 is 0. The monoisotopic (exact) mass is 569 g/mol. The van der Waals surface area contributed by atoms with Crippen LogP contribution in [-0.2, 0) is 20.9 Å². The van der Waals surface area contributed by atoms with Gasteiger partial charge in [-0.1, -0.05) is 72.8 Å². The predicted octanol–water partition coefficient (Wildman–Crippen LogP) is 6.14. The number of allylic oxidation sites excluding steroid dienone is 1. The molecule has 1 aliphatic carbocycles. The van der Waals surface area contributed by atoms with Crippen LogP contribution < -0.4 is 11.1 Å². The molecule has 1 aliphatic heterocycles. The molecule has 2 aromatic rings. The average molecular weight is 571 g/mol. The maximum absolute atomic E-state index is 13.6. The van der Waals surface area contributed by atoms with Crippen molar-refractivity contribution in [1.82, 2.24) is 10.2 Å². The normalized spacial score (nSPS) is 19.5. The summed E-state index contributed by atoms with van der Waals surface area (Å²) in [6.45, 7) is 4.79. The third-order valence-electron chi connectivity index (χ3n) is 8.06. The highest BCUT2D eigenvalue weighted by atomic mass is 35.5. The van der Waals surface area contributed by atoms with Gasteiger partial charge in [-0.25, -0.2) is 0 Å². The first-order chi connectivity index (χ1) is 18.8. The van der Waals surface area contributed by atoms with Crippen LogP contribution in [0.1, 0.15) is 56.9 Å². The fraction of sp³-hybridized carbons (Fsp3) is 0.452. The Morgan fingerprint density at radius 1 is 1.08 bits per heavy atom. The van der Waals surface area contributed by atoms with Crippen LogP contribution in [0.15, 0.2) is 55.1 Å². The van der Waals surface area contributed by atoms with Gasteiger partial charge in [0.1, 0.15) is 6.04 Å². The molecule has 2 aromatic carbocycles. The lowest BCUT2D eigenvalue weighted by Gasteiger charge is -2.33. The van der Waals surface area contributed by atoms with Gasteiger partial charge in [0.05, 0.1) is 11.8 Å². The van der Waals surface area contributed by atoms with E-state index in [0.29, 0.717) is 48.3 Å². The minimum atomic E-state index is -0.630. The Bertz CT molecular complexity index is 1210. The third kappa shape index (κ3) is 7.43. The molecule has 3 atom stereocenters. The molecule has 0 aromatic heterocycles. The van der Waals surface area contributed by atoms with Gasteiger partial charge in [-0.3, -0.25) is 14.4 Å². The summed E-state index contributed by atoms with van der Waals surface area (Å²) in [5, 5.41) is 4.16. The van der Waals surface area contributed by atoms with Crippen molar-refractivity contribution in [3.8, 4) is 11.1 Å². The van der Waals surface area contributed by atoms with Gasteiger partial charge in [-0.15, -0.1) is 6.58 Å². The molecule has 6 nitrogen and oxygen atoms in total. The lowest BCUT2D eigenvalue weighted by molar-refractivity contribution is -0.139. The van der Waals surface area contributed by atoms with Gasteiger partial charge in [-0.2, -0.15) is 0 Å². The maximum Gasteiger partial charge on any atom is 0.245 e. The zero-order valence-electron chi connectivity index (χ0n) is 22.2. The van der Waals surface area contributed by atoms with E-state index in [2.05, 4.69) is 11.9 Å². The van der Waals surface area contributed by atoms with E-state index in [9.17, 15) is 14.4 Å². The van der Waals surface area contributed by atoms with E-state index in [1.165, 1.54) is 0 Å². The largest absolute Gasteiger partial charge is 0.369 e. The molecule has 3 amide bonds. The molecule has 2 unspecified atom stereocenters. The Morgan fingerprint density at radius 3 is 2.54 bits per heavy atom. The lowest BCUT2D eigenvalue weighted by Crippen LogP contribution is -2.51. The third-order valence-corrected chi connectivity index (χ3v) is 8.61. The first kappa shape index (κ1) is 29.2. The molecule has 0 spiro atoms. The van der Waals surface area contributed by atoms with Gasteiger partial charge in [0.15, 0.2) is 0 Å². The van der Waals surface area contributed by atoms with Crippen molar-refractivity contribution < 1.29 is 14.4 Å². The molecule has 8 heteroatoms. The Labute approximate surface area is 240 Å². The maximum atomic E-state index is 13.6. The number of nitrogens with zero attached hydrogens (tertiary/aromatic N) is 1. The number of nitrogens with one attached hydrogen (secondary N) is 1. The van der Waals surface area contributed by atoms with Gasteiger partial charge in [-0.05, 0) is 67.3 Å². The summed E-state index contributed by atoms with van der Waals surface area (Å²) in [5.74, 6) is -1.62. The average Bonchev–Trinajstić information content (AvgIpc) is 3.03. The fourth-order valence-corrected chi connectivity index (χ4v) is 6.17. The molecule has 2 fully saturated rings. The van der Waals surface area contributed by atoms with Crippen LogP contribution in [0, 0.1) is 17.8 Å². The van der Waals surface area contributed by atoms with Crippen molar-refractivity contribution in [2.24, 2.45) is 23.5 Å². The van der Waals surface area contributed by atoms with Gasteiger partial charge in [0.25, 0.3) is 0 Å². The number of amides is 3. The zero-order valence-corrected chi connectivity index (χ0v) is 23.7. The highest BCUT2D eigenvalue weighted by molar-refractivity contribution is 6.36. The Kier molecular flexibility index (Phi) is 10.1. The number of rotatable bonds is 11. The van der Waals surface area contributed by atoms with Gasteiger partial charge in [0.2, 0.25) is 17.7 Å². The van der Waals surface area contributed by atoms with Crippen molar-refractivity contribution in [3.63, 3.8) is 0 Å². The predicted molar refractivity (Wildman–Crippen MR) is 156 cm³/mol. The van der Waals surface area contributed by atoms with E-state index < -0.39 is 23.8 Å². The Balaban J connectivity index is 1.48. The van der Waals surface area contributed by atoms with Crippen LogP contribution in [0.25, 0.3) is 11.1 Å². The topological polar surface area (TPSA) is 92.5 Å². The second-order valence-corrected chi connectivity index (χ2v) is 11.7. The van der Waals surface area contributed by atoms with Crippen LogP contribution in [-0.4, -0.2) is 35.2 Å². The van der Waals surface area contributed by atoms with Gasteiger partial charge in [0, 0.05) is 28.7 Å². The molecule has 0 radical (unpaired) electrons. The Hall–Kier alpha value is -2.83. The molecule has 0 bridgehead atoms. The number of halogens is 2. The number of likely N-dealkylation sites (tertiary alicyclic amines) is 1. The van der Waals surface area contributed by atoms with Gasteiger partial charge < -0.3 is 16.0 Å². The summed E-state index contributed by atoms with van der Waals surface area (Å²) >= 11 is 12.5. The number of hydrogen-bond acceptors (Lipinski definition) is 3. The summed E-state index contributed by atoms with van der Waals surface area (Å²) in [5.41, 5.74) is 8.49. The number of nitrogens with two attached hydrogens (primary N) is 1. The zero-order chi connectivity index (χ0) is 27.9. The highest BCUT2D eigenvalue weighted by Crippen LogP contribution is 2.36. The number of carbonyl (C=O) groups excluding carboxylic acids is 3. The van der Waals surface area contributed by atoms with E-state index >= 15 is 0 Å². The molecular formula is C31H37Cl2N3O3. The van der Waals surface area contributed by atoms with Crippen LogP contribution >= 0.6 is 23.2 Å². The van der Waals surface area contributed by atoms with E-state index in [1.807, 2.05) is 35.2 Å². The molecular weight excluding hydrogens is 533 g/mol. The lowest BCUT2D eigenvalue weighted by atomic mass is 9.74. The van der Waals surface area contributed by atoms with E-state index in [0.717, 1.165) is 48.8 Å². The van der Waals surface area contributed by atoms with Gasteiger partial charge >= 0.3 is 0 Å². The van der Waals surface area contributed by atoms with Crippen molar-refractivity contribution in [2.75, 3.05) is 6.54 Å². The second kappa shape index (κ2) is 13.5. The first-order valence-electron chi connectivity index (χ1n) is 13.8. The Morgan fingerprint density at radius 2 is 1.87 bits per heavy atom. The van der Waals surface area contributed by atoms with Crippen LogP contribution in [0.3, 0.4) is 0 Å². The summed E-state index contributed by atoms with van der Waals surface area (Å²) in [6, 6.07) is 12.7. The molecule has 3 N–H and O–H groups in total. The molecule has 1 heterocycles. The molecule has 208 valence electrons. The fourth-order valence-electron chi connectivity index (χ4n) is 5.66. The molecule has 1 saturated carbocycles. The highest BCUT2D eigenvalue weighted by Gasteiger charge is 2.37. The van der Waals surface area contributed by atoms with Crippen molar-refractivity contribution in [3.05, 3.63) is 70.7 Å². The van der Waals surface area contributed by atoms with Crippen molar-refractivity contribution in [2.45, 2.75) is 64.0 Å². The first-order valence-corrected chi connectivity index (χ1v) is 14.6. The molecule has 39 heavy (non-hydrogen) atoms. The summed E-state index contributed by atoms with van der Waals surface area (Å²) in [7, 11) is 0. The van der Waals surface area contributed by atoms with E-state index in [4.69, 9.17) is 28.9 Å². The minimum Gasteiger partial charge on any atom is -0.369 e. The quantitative estimate of drug-likeness (QED) is 0.318. The number of primary amides is 1. The number of hydrogen-bond donors (Lipinski definition) is 2. The molecule has 1 saturated heterocycles. The number of carbonyl (C=O) groups is 3. The minimum absolute atomic E-state index is 0.0995. The SMILES string of the molecule is C=CCC(C(N)=O)C(CC1CCC1)C(=O)N[C@H]1CCCCN(Cc2cccc(-c3ccc(Cl)cc3Cl)c2)C1=O. The summed E-state index contributed by atoms with van der Waals surface area (Å²) in [4.78, 5) is 41.3. The van der Waals surface area contributed by atoms with Crippen LogP contribution in [0.4, 0.5) is 0 Å². The van der Waals surface area contributed by atoms with Crippen LogP contribution in [0.2, 0.25) is 10.0 Å².